The Morgan fingerprint density at radius 3 is 2.26 bits per heavy atom. The Labute approximate surface area is 223 Å². The molecule has 0 aliphatic carbocycles. The molecule has 0 spiro atoms. The van der Waals surface area contributed by atoms with E-state index in [1.165, 1.54) is 5.56 Å². The molecule has 0 aliphatic heterocycles. The summed E-state index contributed by atoms with van der Waals surface area (Å²) in [6.45, 7) is 6.21. The molecule has 2 amide bonds. The molecule has 3 N–H and O–H groups in total. The molecule has 2 unspecified atom stereocenters. The van der Waals surface area contributed by atoms with Crippen molar-refractivity contribution < 1.29 is 18.4 Å². The molecule has 0 radical (unpaired) electrons. The van der Waals surface area contributed by atoms with Crippen molar-refractivity contribution in [1.29, 1.82) is 0 Å². The molecule has 3 rings (SSSR count). The molecule has 1 heterocycles. The predicted octanol–water partition coefficient (Wildman–Crippen LogP) is 5.50. The number of halogens is 2. The van der Waals surface area contributed by atoms with E-state index in [0.29, 0.717) is 24.7 Å². The zero-order valence-electron chi connectivity index (χ0n) is 22.1. The molecule has 0 fully saturated rings. The smallest absolute Gasteiger partial charge is 0.248 e. The number of amides is 2. The lowest BCUT2D eigenvalue weighted by molar-refractivity contribution is -0.126. The van der Waals surface area contributed by atoms with E-state index in [4.69, 9.17) is 0 Å². The Balaban J connectivity index is 1.48. The first kappa shape index (κ1) is 28.9. The van der Waals surface area contributed by atoms with Crippen LogP contribution in [0.5, 0.6) is 0 Å². The van der Waals surface area contributed by atoms with Crippen LogP contribution in [0.4, 0.5) is 14.6 Å². The van der Waals surface area contributed by atoms with Gasteiger partial charge in [0, 0.05) is 24.3 Å². The number of carbonyl (C=O) groups excluding carboxylic acids is 2. The van der Waals surface area contributed by atoms with Crippen LogP contribution < -0.4 is 16.0 Å². The van der Waals surface area contributed by atoms with Crippen LogP contribution in [0.2, 0.25) is 0 Å². The highest BCUT2D eigenvalue weighted by Gasteiger charge is 2.21. The number of aryl methyl sites for hydroxylation is 1. The zero-order valence-corrected chi connectivity index (χ0v) is 22.1. The van der Waals surface area contributed by atoms with Gasteiger partial charge < -0.3 is 16.0 Å². The van der Waals surface area contributed by atoms with Gasteiger partial charge in [-0.1, -0.05) is 49.7 Å². The first-order valence-corrected chi connectivity index (χ1v) is 13.0. The summed E-state index contributed by atoms with van der Waals surface area (Å²) < 4.78 is 26.8. The van der Waals surface area contributed by atoms with Gasteiger partial charge in [0.05, 0.1) is 6.42 Å². The van der Waals surface area contributed by atoms with Crippen LogP contribution in [-0.2, 0) is 22.4 Å². The summed E-state index contributed by atoms with van der Waals surface area (Å²) in [6.07, 6.45) is 4.37. The van der Waals surface area contributed by atoms with Gasteiger partial charge in [0.2, 0.25) is 11.8 Å². The summed E-state index contributed by atoms with van der Waals surface area (Å²) in [6, 6.07) is 16.7. The molecule has 38 heavy (non-hydrogen) atoms. The van der Waals surface area contributed by atoms with Crippen LogP contribution in [0.25, 0.3) is 0 Å². The Hall–Kier alpha value is -3.65. The van der Waals surface area contributed by atoms with Crippen molar-refractivity contribution in [2.24, 2.45) is 0 Å². The third kappa shape index (κ3) is 9.34. The molecular weight excluding hydrogens is 486 g/mol. The van der Waals surface area contributed by atoms with Crippen molar-refractivity contribution in [3.63, 3.8) is 0 Å². The van der Waals surface area contributed by atoms with E-state index in [0.717, 1.165) is 36.6 Å². The number of hydrogen-bond acceptors (Lipinski definition) is 4. The molecule has 0 saturated carbocycles. The largest absolute Gasteiger partial charge is 0.344 e. The van der Waals surface area contributed by atoms with Crippen molar-refractivity contribution in [2.45, 2.75) is 71.0 Å². The zero-order chi connectivity index (χ0) is 27.5. The molecule has 2 aromatic carbocycles. The van der Waals surface area contributed by atoms with Gasteiger partial charge in [-0.15, -0.1) is 0 Å². The second-order valence-electron chi connectivity index (χ2n) is 9.64. The number of nitrogens with one attached hydrogen (secondary N) is 3. The first-order chi connectivity index (χ1) is 18.2. The molecule has 0 bridgehead atoms. The number of anilines is 1. The number of pyridine rings is 1. The van der Waals surface area contributed by atoms with Crippen molar-refractivity contribution in [1.82, 2.24) is 15.6 Å². The van der Waals surface area contributed by atoms with Gasteiger partial charge in [-0.3, -0.25) is 9.59 Å². The van der Waals surface area contributed by atoms with Crippen molar-refractivity contribution in [3.05, 3.63) is 95.2 Å². The quantitative estimate of drug-likeness (QED) is 0.277. The minimum Gasteiger partial charge on any atom is -0.344 e. The normalized spacial score (nSPS) is 13.4. The Morgan fingerprint density at radius 1 is 0.921 bits per heavy atom. The van der Waals surface area contributed by atoms with Crippen LogP contribution in [0, 0.1) is 11.6 Å². The van der Waals surface area contributed by atoms with E-state index in [1.807, 2.05) is 31.2 Å². The second-order valence-corrected chi connectivity index (χ2v) is 9.64. The van der Waals surface area contributed by atoms with Crippen molar-refractivity contribution in [2.75, 3.05) is 5.32 Å². The third-order valence-corrected chi connectivity index (χ3v) is 6.29. The first-order valence-electron chi connectivity index (χ1n) is 13.0. The highest BCUT2D eigenvalue weighted by molar-refractivity contribution is 5.96. The predicted molar refractivity (Wildman–Crippen MR) is 146 cm³/mol. The fraction of sp³-hybridized carbons (Fsp3) is 0.367. The molecule has 6 nitrogen and oxygen atoms in total. The topological polar surface area (TPSA) is 83.1 Å². The van der Waals surface area contributed by atoms with Crippen LogP contribution in [0.1, 0.15) is 62.8 Å². The van der Waals surface area contributed by atoms with Gasteiger partial charge >= 0.3 is 0 Å². The molecule has 0 aliphatic rings. The lowest BCUT2D eigenvalue weighted by atomic mass is 10.0. The SMILES string of the molecule is CCCC(NC(=O)Cc1cc(F)cc(F)c1)C(=O)Nc1ccc(CCC(C)N[C@@H](C)c2ccccc2)cn1. The fourth-order valence-corrected chi connectivity index (χ4v) is 4.29. The summed E-state index contributed by atoms with van der Waals surface area (Å²) in [5, 5.41) is 9.04. The van der Waals surface area contributed by atoms with Gasteiger partial charge in [-0.05, 0) is 68.0 Å². The van der Waals surface area contributed by atoms with Crippen LogP contribution in [-0.4, -0.2) is 28.9 Å². The van der Waals surface area contributed by atoms with E-state index in [2.05, 4.69) is 46.9 Å². The summed E-state index contributed by atoms with van der Waals surface area (Å²) >= 11 is 0. The Morgan fingerprint density at radius 2 is 1.63 bits per heavy atom. The highest BCUT2D eigenvalue weighted by atomic mass is 19.1. The molecule has 1 aromatic heterocycles. The maximum atomic E-state index is 13.4. The van der Waals surface area contributed by atoms with Gasteiger partial charge in [0.1, 0.15) is 23.5 Å². The van der Waals surface area contributed by atoms with Gasteiger partial charge in [-0.25, -0.2) is 13.8 Å². The van der Waals surface area contributed by atoms with E-state index < -0.39 is 29.5 Å². The standard InChI is InChI=1S/C30H36F2N4O2/c1-4-8-27(35-29(37)17-23-15-25(31)18-26(32)16-23)30(38)36-28-14-13-22(19-33-28)12-11-20(2)34-21(3)24-9-6-5-7-10-24/h5-7,9-10,13-16,18-21,27,34H,4,8,11-12,17H2,1-3H3,(H,35,37)(H,33,36,38)/t20?,21-,27?/m0/s1. The third-order valence-electron chi connectivity index (χ3n) is 6.29. The Bertz CT molecular complexity index is 1170. The fourth-order valence-electron chi connectivity index (χ4n) is 4.29. The average molecular weight is 523 g/mol. The summed E-state index contributed by atoms with van der Waals surface area (Å²) in [4.78, 5) is 29.6. The number of hydrogen-bond donors (Lipinski definition) is 3. The van der Waals surface area contributed by atoms with E-state index >= 15 is 0 Å². The lowest BCUT2D eigenvalue weighted by Gasteiger charge is -2.20. The van der Waals surface area contributed by atoms with E-state index in [9.17, 15) is 18.4 Å². The second kappa shape index (κ2) is 14.3. The number of nitrogens with zero attached hydrogens (tertiary/aromatic N) is 1. The van der Waals surface area contributed by atoms with Crippen molar-refractivity contribution >= 4 is 17.6 Å². The lowest BCUT2D eigenvalue weighted by Crippen LogP contribution is -2.44. The number of carbonyl (C=O) groups is 2. The monoisotopic (exact) mass is 522 g/mol. The minimum atomic E-state index is -0.786. The number of aromatic nitrogens is 1. The van der Waals surface area contributed by atoms with Crippen LogP contribution in [0.3, 0.4) is 0 Å². The summed E-state index contributed by atoms with van der Waals surface area (Å²) in [5.41, 5.74) is 2.51. The molecular formula is C30H36F2N4O2. The Kier molecular flexibility index (Phi) is 10.9. The van der Waals surface area contributed by atoms with E-state index in [1.54, 1.807) is 12.3 Å². The van der Waals surface area contributed by atoms with Crippen molar-refractivity contribution in [3.8, 4) is 0 Å². The van der Waals surface area contributed by atoms with E-state index in [-0.39, 0.29) is 18.0 Å². The molecule has 3 atom stereocenters. The molecule has 0 saturated heterocycles. The molecule has 202 valence electrons. The highest BCUT2D eigenvalue weighted by Crippen LogP contribution is 2.15. The van der Waals surface area contributed by atoms with Gasteiger partial charge in [0.25, 0.3) is 0 Å². The summed E-state index contributed by atoms with van der Waals surface area (Å²) in [5.74, 6) is -1.99. The van der Waals surface area contributed by atoms with Gasteiger partial charge in [0.15, 0.2) is 0 Å². The maximum Gasteiger partial charge on any atom is 0.248 e. The molecule has 3 aromatic rings. The number of rotatable bonds is 13. The molecule has 8 heteroatoms. The summed E-state index contributed by atoms with van der Waals surface area (Å²) in [7, 11) is 0. The van der Waals surface area contributed by atoms with Crippen LogP contribution in [0.15, 0.2) is 66.9 Å². The minimum absolute atomic E-state index is 0.201. The maximum absolute atomic E-state index is 13.4. The number of benzene rings is 2. The average Bonchev–Trinajstić information content (AvgIpc) is 2.88. The van der Waals surface area contributed by atoms with Crippen LogP contribution >= 0.6 is 0 Å². The van der Waals surface area contributed by atoms with Gasteiger partial charge in [-0.2, -0.15) is 0 Å².